The van der Waals surface area contributed by atoms with Gasteiger partial charge in [0.2, 0.25) is 0 Å². The minimum Gasteiger partial charge on any atom is -0.462 e. The first-order chi connectivity index (χ1) is 7.22. The number of carbonyl (C=O) groups excluding carboxylic acids is 1. The third-order valence-electron chi connectivity index (χ3n) is 3.09. The molecule has 1 saturated heterocycles. The highest BCUT2D eigenvalue weighted by Gasteiger charge is 2.34. The van der Waals surface area contributed by atoms with E-state index >= 15 is 0 Å². The maximum absolute atomic E-state index is 11.7. The molecule has 1 aliphatic heterocycles. The lowest BCUT2D eigenvalue weighted by Gasteiger charge is -2.08. The number of ether oxygens (including phenoxy) is 1. The molecule has 2 unspecified atom stereocenters. The Bertz CT molecular complexity index is 371. The van der Waals surface area contributed by atoms with Crippen LogP contribution in [0, 0.1) is 6.92 Å². The van der Waals surface area contributed by atoms with E-state index in [1.165, 1.54) is 5.56 Å². The third kappa shape index (κ3) is 1.89. The Morgan fingerprint density at radius 1 is 1.40 bits per heavy atom. The van der Waals surface area contributed by atoms with Gasteiger partial charge in [-0.2, -0.15) is 0 Å². The molecule has 2 nitrogen and oxygen atoms in total. The van der Waals surface area contributed by atoms with Crippen LogP contribution in [0.4, 0.5) is 0 Å². The van der Waals surface area contributed by atoms with Gasteiger partial charge in [0.25, 0.3) is 0 Å². The number of hydrogen-bond donors (Lipinski definition) is 0. The van der Waals surface area contributed by atoms with E-state index in [9.17, 15) is 4.79 Å². The van der Waals surface area contributed by atoms with Crippen molar-refractivity contribution in [2.45, 2.75) is 38.7 Å². The molecule has 0 N–H and O–H groups in total. The van der Waals surface area contributed by atoms with E-state index in [2.05, 4.69) is 6.92 Å². The smallest absolute Gasteiger partial charge is 0.313 e. The lowest BCUT2D eigenvalue weighted by atomic mass is 9.92. The van der Waals surface area contributed by atoms with Crippen LogP contribution in [-0.4, -0.2) is 12.1 Å². The first-order valence-electron chi connectivity index (χ1n) is 5.48. The first kappa shape index (κ1) is 10.2. The molecule has 2 heteroatoms. The molecule has 1 aromatic carbocycles. The molecule has 1 aromatic rings. The molecule has 0 aromatic heterocycles. The first-order valence-corrected chi connectivity index (χ1v) is 5.48. The van der Waals surface area contributed by atoms with Gasteiger partial charge in [-0.15, -0.1) is 0 Å². The maximum Gasteiger partial charge on any atom is 0.313 e. The van der Waals surface area contributed by atoms with Crippen LogP contribution in [0.2, 0.25) is 0 Å². The average molecular weight is 204 g/mol. The summed E-state index contributed by atoms with van der Waals surface area (Å²) < 4.78 is 5.29. The van der Waals surface area contributed by atoms with Crippen LogP contribution in [0.1, 0.15) is 36.8 Å². The molecular formula is C13H16O2. The van der Waals surface area contributed by atoms with Crippen molar-refractivity contribution in [3.63, 3.8) is 0 Å². The third-order valence-corrected chi connectivity index (χ3v) is 3.09. The van der Waals surface area contributed by atoms with Gasteiger partial charge in [0, 0.05) is 6.42 Å². The summed E-state index contributed by atoms with van der Waals surface area (Å²) in [5.41, 5.74) is 2.30. The minimum atomic E-state index is -0.0591. The Labute approximate surface area is 90.3 Å². The normalized spacial score (nSPS) is 25.3. The van der Waals surface area contributed by atoms with E-state index in [4.69, 9.17) is 4.74 Å². The number of cyclic esters (lactones) is 1. The van der Waals surface area contributed by atoms with Crippen LogP contribution >= 0.6 is 0 Å². The van der Waals surface area contributed by atoms with E-state index in [1.807, 2.05) is 31.2 Å². The monoisotopic (exact) mass is 204 g/mol. The van der Waals surface area contributed by atoms with Gasteiger partial charge in [-0.3, -0.25) is 4.79 Å². The Hall–Kier alpha value is -1.31. The summed E-state index contributed by atoms with van der Waals surface area (Å²) in [6.45, 7) is 4.10. The summed E-state index contributed by atoms with van der Waals surface area (Å²) in [5.74, 6) is -0.104. The Morgan fingerprint density at radius 3 is 2.73 bits per heavy atom. The highest BCUT2D eigenvalue weighted by atomic mass is 16.5. The zero-order valence-corrected chi connectivity index (χ0v) is 9.19. The fourth-order valence-electron chi connectivity index (χ4n) is 2.14. The van der Waals surface area contributed by atoms with Crippen molar-refractivity contribution in [2.75, 3.05) is 0 Å². The molecule has 15 heavy (non-hydrogen) atoms. The van der Waals surface area contributed by atoms with Gasteiger partial charge >= 0.3 is 5.97 Å². The van der Waals surface area contributed by atoms with E-state index in [1.54, 1.807) is 0 Å². The molecule has 0 radical (unpaired) electrons. The molecular weight excluding hydrogens is 188 g/mol. The molecule has 0 spiro atoms. The standard InChI is InChI=1S/C13H16O2/c1-3-10-8-12(13(14)15-10)11-7-5-4-6-9(11)2/h4-7,10,12H,3,8H2,1-2H3. The van der Waals surface area contributed by atoms with Crippen LogP contribution in [0.15, 0.2) is 24.3 Å². The molecule has 2 rings (SSSR count). The molecule has 1 aliphatic rings. The van der Waals surface area contributed by atoms with Crippen molar-refractivity contribution in [3.8, 4) is 0 Å². The van der Waals surface area contributed by atoms with Crippen LogP contribution in [0.5, 0.6) is 0 Å². The van der Waals surface area contributed by atoms with Gasteiger partial charge in [-0.05, 0) is 24.5 Å². The van der Waals surface area contributed by atoms with E-state index < -0.39 is 0 Å². The predicted molar refractivity (Wildman–Crippen MR) is 58.7 cm³/mol. The minimum absolute atomic E-state index is 0.0452. The van der Waals surface area contributed by atoms with Crippen LogP contribution in [0.3, 0.4) is 0 Å². The number of rotatable bonds is 2. The molecule has 0 bridgehead atoms. The Balaban J connectivity index is 2.25. The van der Waals surface area contributed by atoms with Gasteiger partial charge in [0.15, 0.2) is 0 Å². The second-order valence-electron chi connectivity index (χ2n) is 4.11. The molecule has 1 fully saturated rings. The summed E-state index contributed by atoms with van der Waals surface area (Å²) in [6, 6.07) is 8.05. The molecule has 0 saturated carbocycles. The van der Waals surface area contributed by atoms with Crippen molar-refractivity contribution in [2.24, 2.45) is 0 Å². The van der Waals surface area contributed by atoms with E-state index in [0.717, 1.165) is 18.4 Å². The molecule has 80 valence electrons. The van der Waals surface area contributed by atoms with E-state index in [0.29, 0.717) is 0 Å². The largest absolute Gasteiger partial charge is 0.462 e. The lowest BCUT2D eigenvalue weighted by molar-refractivity contribution is -0.142. The summed E-state index contributed by atoms with van der Waals surface area (Å²) in [4.78, 5) is 11.7. The highest BCUT2D eigenvalue weighted by molar-refractivity contribution is 5.80. The maximum atomic E-state index is 11.7. The summed E-state index contributed by atoms with van der Waals surface area (Å²) in [5, 5.41) is 0. The molecule has 1 heterocycles. The number of hydrogen-bond acceptors (Lipinski definition) is 2. The zero-order chi connectivity index (χ0) is 10.8. The topological polar surface area (TPSA) is 26.3 Å². The fraction of sp³-hybridized carbons (Fsp3) is 0.462. The quantitative estimate of drug-likeness (QED) is 0.692. The Kier molecular flexibility index (Phi) is 2.76. The van der Waals surface area contributed by atoms with Gasteiger partial charge in [0.05, 0.1) is 5.92 Å². The molecule has 0 amide bonds. The SMILES string of the molecule is CCC1CC(c2ccccc2C)C(=O)O1. The molecule has 2 atom stereocenters. The van der Waals surface area contributed by atoms with Gasteiger partial charge in [-0.25, -0.2) is 0 Å². The number of carbonyl (C=O) groups is 1. The van der Waals surface area contributed by atoms with Crippen LogP contribution < -0.4 is 0 Å². The number of aryl methyl sites for hydroxylation is 1. The van der Waals surface area contributed by atoms with Crippen molar-refractivity contribution in [1.29, 1.82) is 0 Å². The van der Waals surface area contributed by atoms with Crippen molar-refractivity contribution in [3.05, 3.63) is 35.4 Å². The van der Waals surface area contributed by atoms with Gasteiger partial charge in [0.1, 0.15) is 6.10 Å². The molecule has 0 aliphatic carbocycles. The van der Waals surface area contributed by atoms with Gasteiger partial charge in [-0.1, -0.05) is 31.2 Å². The number of esters is 1. The average Bonchev–Trinajstić information content (AvgIpc) is 2.60. The van der Waals surface area contributed by atoms with Crippen molar-refractivity contribution in [1.82, 2.24) is 0 Å². The highest BCUT2D eigenvalue weighted by Crippen LogP contribution is 2.33. The summed E-state index contributed by atoms with van der Waals surface area (Å²) >= 11 is 0. The zero-order valence-electron chi connectivity index (χ0n) is 9.19. The van der Waals surface area contributed by atoms with Crippen LogP contribution in [0.25, 0.3) is 0 Å². The summed E-state index contributed by atoms with van der Waals surface area (Å²) in [6.07, 6.45) is 1.86. The summed E-state index contributed by atoms with van der Waals surface area (Å²) in [7, 11) is 0. The van der Waals surface area contributed by atoms with E-state index in [-0.39, 0.29) is 18.0 Å². The lowest BCUT2D eigenvalue weighted by Crippen LogP contribution is -2.07. The van der Waals surface area contributed by atoms with Crippen LogP contribution in [-0.2, 0) is 9.53 Å². The second kappa shape index (κ2) is 4.05. The number of benzene rings is 1. The predicted octanol–water partition coefficient (Wildman–Crippen LogP) is 2.80. The second-order valence-corrected chi connectivity index (χ2v) is 4.11. The van der Waals surface area contributed by atoms with Crippen molar-refractivity contribution < 1.29 is 9.53 Å². The van der Waals surface area contributed by atoms with Crippen molar-refractivity contribution >= 4 is 5.97 Å². The fourth-order valence-corrected chi connectivity index (χ4v) is 2.14. The Morgan fingerprint density at radius 2 is 2.13 bits per heavy atom. The van der Waals surface area contributed by atoms with Gasteiger partial charge < -0.3 is 4.74 Å².